The Hall–Kier alpha value is -0.610. The number of hydroxylamine groups is 2. The molecule has 0 aliphatic rings. The van der Waals surface area contributed by atoms with E-state index in [0.29, 0.717) is 19.6 Å². The molecule has 0 heterocycles. The first-order valence-corrected chi connectivity index (χ1v) is 12.9. The van der Waals surface area contributed by atoms with Gasteiger partial charge in [-0.2, -0.15) is 0 Å². The van der Waals surface area contributed by atoms with Gasteiger partial charge in [0, 0.05) is 6.42 Å². The van der Waals surface area contributed by atoms with Gasteiger partial charge in [-0.1, -0.05) is 117 Å². The van der Waals surface area contributed by atoms with E-state index in [0.717, 1.165) is 32.1 Å². The number of carbonyl (C=O) groups excluding carboxylic acids is 1. The third kappa shape index (κ3) is 21.9. The lowest BCUT2D eigenvalue weighted by atomic mass is 10.1. The van der Waals surface area contributed by atoms with Crippen LogP contribution in [0.4, 0.5) is 0 Å². The van der Waals surface area contributed by atoms with Gasteiger partial charge in [0.15, 0.2) is 0 Å². The fraction of sp³-hybridized carbons (Fsp3) is 0.960. The Bertz CT molecular complexity index is 336. The smallest absolute Gasteiger partial charge is 0.328 e. The zero-order chi connectivity index (χ0) is 21.4. The lowest BCUT2D eigenvalue weighted by molar-refractivity contribution is -0.346. The molecule has 0 amide bonds. The quantitative estimate of drug-likeness (QED) is 0.125. The van der Waals surface area contributed by atoms with Crippen LogP contribution in [0, 0.1) is 0 Å². The van der Waals surface area contributed by atoms with E-state index in [2.05, 4.69) is 20.8 Å². The summed E-state index contributed by atoms with van der Waals surface area (Å²) in [6.07, 6.45) is 22.5. The summed E-state index contributed by atoms with van der Waals surface area (Å²) in [5.74, 6) is -0.149. The molecule has 0 rings (SSSR count). The highest BCUT2D eigenvalue weighted by atomic mass is 17.0. The zero-order valence-electron chi connectivity index (χ0n) is 20.0. The van der Waals surface area contributed by atoms with E-state index in [-0.39, 0.29) is 5.97 Å². The normalized spacial score (nSPS) is 11.3. The monoisotopic (exact) mass is 413 g/mol. The average Bonchev–Trinajstić information content (AvgIpc) is 2.72. The minimum absolute atomic E-state index is 0.149. The van der Waals surface area contributed by atoms with Crippen LogP contribution < -0.4 is 0 Å². The van der Waals surface area contributed by atoms with Crippen molar-refractivity contribution in [2.75, 3.05) is 13.2 Å². The number of hydrogen-bond acceptors (Lipinski definition) is 4. The lowest BCUT2D eigenvalue weighted by Crippen LogP contribution is -2.29. The van der Waals surface area contributed by atoms with Gasteiger partial charge in [-0.05, 0) is 24.5 Å². The van der Waals surface area contributed by atoms with E-state index in [1.54, 1.807) is 0 Å². The van der Waals surface area contributed by atoms with Crippen LogP contribution in [0.25, 0.3) is 0 Å². The molecule has 0 atom stereocenters. The van der Waals surface area contributed by atoms with Crippen molar-refractivity contribution in [1.82, 2.24) is 5.23 Å². The van der Waals surface area contributed by atoms with Gasteiger partial charge in [0.1, 0.15) is 0 Å². The van der Waals surface area contributed by atoms with Crippen molar-refractivity contribution in [3.05, 3.63) is 0 Å². The molecule has 0 aromatic heterocycles. The highest BCUT2D eigenvalue weighted by molar-refractivity contribution is 5.68. The molecule has 0 bridgehead atoms. The first kappa shape index (κ1) is 28.4. The summed E-state index contributed by atoms with van der Waals surface area (Å²) < 4.78 is 0. The summed E-state index contributed by atoms with van der Waals surface area (Å²) in [5.41, 5.74) is 0. The number of nitrogens with zero attached hydrogens (tertiary/aromatic N) is 1. The van der Waals surface area contributed by atoms with Gasteiger partial charge >= 0.3 is 5.97 Å². The van der Waals surface area contributed by atoms with E-state index in [9.17, 15) is 4.79 Å². The van der Waals surface area contributed by atoms with Gasteiger partial charge in [0.2, 0.25) is 0 Å². The van der Waals surface area contributed by atoms with Crippen LogP contribution in [0.15, 0.2) is 0 Å². The van der Waals surface area contributed by atoms with Gasteiger partial charge in [0.05, 0.1) is 13.2 Å². The predicted molar refractivity (Wildman–Crippen MR) is 123 cm³/mol. The second kappa shape index (κ2) is 23.7. The first-order chi connectivity index (χ1) is 14.2. The third-order valence-electron chi connectivity index (χ3n) is 5.37. The first-order valence-electron chi connectivity index (χ1n) is 12.9. The van der Waals surface area contributed by atoms with Crippen LogP contribution in [0.3, 0.4) is 0 Å². The molecule has 4 nitrogen and oxygen atoms in total. The van der Waals surface area contributed by atoms with Gasteiger partial charge in [-0.15, -0.1) is 0 Å². The van der Waals surface area contributed by atoms with E-state index < -0.39 is 0 Å². The molecule has 0 aliphatic carbocycles. The molecular formula is C25H51NO3. The zero-order valence-corrected chi connectivity index (χ0v) is 20.0. The van der Waals surface area contributed by atoms with Gasteiger partial charge in [0.25, 0.3) is 0 Å². The summed E-state index contributed by atoms with van der Waals surface area (Å²) >= 11 is 0. The standard InChI is InChI=1S/C25H51NO3/c1-4-7-10-13-14-15-16-18-21-24-28-26(23-20-12-9-6-3)29-25(27)22-19-17-11-8-5-2/h4-24H2,1-3H3. The van der Waals surface area contributed by atoms with Crippen LogP contribution in [0.1, 0.15) is 143 Å². The predicted octanol–water partition coefficient (Wildman–Crippen LogP) is 8.15. The molecule has 0 aromatic rings. The Labute approximate surface area is 182 Å². The number of rotatable bonds is 23. The molecule has 0 aliphatic heterocycles. The molecule has 0 spiro atoms. The largest absolute Gasteiger partial charge is 0.342 e. The van der Waals surface area contributed by atoms with Crippen molar-refractivity contribution in [3.8, 4) is 0 Å². The van der Waals surface area contributed by atoms with Crippen molar-refractivity contribution in [2.24, 2.45) is 0 Å². The number of unbranched alkanes of at least 4 members (excludes halogenated alkanes) is 15. The SMILES string of the molecule is CCCCCCCCCCCON(CCCCCC)OC(=O)CCCCCCC. The molecule has 0 unspecified atom stereocenters. The van der Waals surface area contributed by atoms with Crippen molar-refractivity contribution >= 4 is 5.97 Å². The third-order valence-corrected chi connectivity index (χ3v) is 5.37. The second-order valence-electron chi connectivity index (χ2n) is 8.41. The van der Waals surface area contributed by atoms with Crippen LogP contribution in [0.5, 0.6) is 0 Å². The van der Waals surface area contributed by atoms with Crippen LogP contribution in [-0.4, -0.2) is 24.3 Å². The summed E-state index contributed by atoms with van der Waals surface area (Å²) in [6, 6.07) is 0. The minimum atomic E-state index is -0.149. The Morgan fingerprint density at radius 3 is 1.59 bits per heavy atom. The molecule has 4 heteroatoms. The molecule has 0 radical (unpaired) electrons. The summed E-state index contributed by atoms with van der Waals surface area (Å²) in [7, 11) is 0. The van der Waals surface area contributed by atoms with Crippen LogP contribution in [0.2, 0.25) is 0 Å². The maximum absolute atomic E-state index is 12.1. The maximum Gasteiger partial charge on any atom is 0.328 e. The molecule has 0 saturated carbocycles. The number of hydrogen-bond donors (Lipinski definition) is 0. The van der Waals surface area contributed by atoms with Gasteiger partial charge in [-0.3, -0.25) is 9.63 Å². The van der Waals surface area contributed by atoms with Crippen LogP contribution in [-0.2, 0) is 14.5 Å². The molecule has 0 aromatic carbocycles. The fourth-order valence-electron chi connectivity index (χ4n) is 3.42. The summed E-state index contributed by atoms with van der Waals surface area (Å²) in [5, 5.41) is 1.47. The Morgan fingerprint density at radius 2 is 1.03 bits per heavy atom. The van der Waals surface area contributed by atoms with E-state index in [4.69, 9.17) is 9.68 Å². The van der Waals surface area contributed by atoms with Crippen LogP contribution >= 0.6 is 0 Å². The van der Waals surface area contributed by atoms with Crippen molar-refractivity contribution in [3.63, 3.8) is 0 Å². The molecule has 174 valence electrons. The van der Waals surface area contributed by atoms with Gasteiger partial charge < -0.3 is 4.84 Å². The second-order valence-corrected chi connectivity index (χ2v) is 8.41. The summed E-state index contributed by atoms with van der Waals surface area (Å²) in [6.45, 7) is 8.00. The van der Waals surface area contributed by atoms with Crippen molar-refractivity contribution in [2.45, 2.75) is 143 Å². The highest BCUT2D eigenvalue weighted by Gasteiger charge is 2.12. The lowest BCUT2D eigenvalue weighted by Gasteiger charge is -2.20. The van der Waals surface area contributed by atoms with Crippen molar-refractivity contribution in [1.29, 1.82) is 0 Å². The summed E-state index contributed by atoms with van der Waals surface area (Å²) in [4.78, 5) is 23.4. The van der Waals surface area contributed by atoms with E-state index in [1.165, 1.54) is 88.7 Å². The van der Waals surface area contributed by atoms with Gasteiger partial charge in [-0.25, -0.2) is 0 Å². The molecular weight excluding hydrogens is 362 g/mol. The topological polar surface area (TPSA) is 38.8 Å². The van der Waals surface area contributed by atoms with E-state index >= 15 is 0 Å². The molecule has 29 heavy (non-hydrogen) atoms. The Kier molecular flexibility index (Phi) is 23.2. The Morgan fingerprint density at radius 1 is 0.586 bits per heavy atom. The average molecular weight is 414 g/mol. The molecule has 0 saturated heterocycles. The number of carbonyl (C=O) groups is 1. The maximum atomic E-state index is 12.1. The van der Waals surface area contributed by atoms with Crippen molar-refractivity contribution < 1.29 is 14.5 Å². The highest BCUT2D eigenvalue weighted by Crippen LogP contribution is 2.11. The molecule has 0 N–H and O–H groups in total. The fourth-order valence-corrected chi connectivity index (χ4v) is 3.42. The minimum Gasteiger partial charge on any atom is -0.342 e. The molecule has 0 fully saturated rings. The van der Waals surface area contributed by atoms with E-state index in [1.807, 2.05) is 0 Å². The Balaban J connectivity index is 3.88.